The van der Waals surface area contributed by atoms with Crippen molar-refractivity contribution in [1.82, 2.24) is 20.9 Å². The SMILES string of the molecule is COc1ccc(OCCNC(=O)[C@@H]2CC(=O)N[C@@H]([C@@H](C)O)C(=O)N(C)CCOc3ccccc3C(=O)N2)cc1. The van der Waals surface area contributed by atoms with Gasteiger partial charge in [-0.3, -0.25) is 19.2 Å². The predicted octanol–water partition coefficient (Wildman–Crippen LogP) is 0.0953. The van der Waals surface area contributed by atoms with Crippen LogP contribution in [0.4, 0.5) is 0 Å². The Hall–Kier alpha value is -4.32. The van der Waals surface area contributed by atoms with Crippen molar-refractivity contribution in [3.63, 3.8) is 0 Å². The van der Waals surface area contributed by atoms with Gasteiger partial charge in [-0.05, 0) is 43.3 Å². The van der Waals surface area contributed by atoms with E-state index >= 15 is 0 Å². The minimum atomic E-state index is -1.28. The fraction of sp³-hybridized carbons (Fsp3) is 0.407. The monoisotopic (exact) mass is 542 g/mol. The van der Waals surface area contributed by atoms with E-state index in [4.69, 9.17) is 14.2 Å². The fourth-order valence-corrected chi connectivity index (χ4v) is 3.81. The molecule has 4 amide bonds. The zero-order valence-corrected chi connectivity index (χ0v) is 22.1. The van der Waals surface area contributed by atoms with E-state index in [0.717, 1.165) is 0 Å². The standard InChI is InChI=1S/C27H34N4O8/c1-17(32)24-27(36)31(2)13-15-39-22-7-5-4-6-20(22)25(34)29-21(16-23(33)30-24)26(35)28-12-14-38-19-10-8-18(37-3)9-11-19/h4-11,17,21,24,32H,12-16H2,1-3H3,(H,28,35)(H,29,34)(H,30,33)/t17-,21+,24+/m1/s1. The van der Waals surface area contributed by atoms with Crippen molar-refractivity contribution in [2.24, 2.45) is 0 Å². The van der Waals surface area contributed by atoms with Crippen molar-refractivity contribution in [2.75, 3.05) is 40.5 Å². The van der Waals surface area contributed by atoms with Crippen LogP contribution in [0.5, 0.6) is 17.2 Å². The number of nitrogens with zero attached hydrogens (tertiary/aromatic N) is 1. The molecule has 1 aliphatic rings. The maximum Gasteiger partial charge on any atom is 0.255 e. The molecular formula is C27H34N4O8. The molecule has 3 rings (SSSR count). The van der Waals surface area contributed by atoms with Crippen LogP contribution < -0.4 is 30.2 Å². The molecule has 0 aliphatic carbocycles. The minimum absolute atomic E-state index is 0.0606. The van der Waals surface area contributed by atoms with Crippen molar-refractivity contribution in [1.29, 1.82) is 0 Å². The van der Waals surface area contributed by atoms with Crippen molar-refractivity contribution < 1.29 is 38.5 Å². The van der Waals surface area contributed by atoms with Crippen LogP contribution in [0.3, 0.4) is 0 Å². The van der Waals surface area contributed by atoms with Crippen LogP contribution in [-0.4, -0.2) is 92.3 Å². The van der Waals surface area contributed by atoms with Gasteiger partial charge in [-0.15, -0.1) is 0 Å². The van der Waals surface area contributed by atoms with Gasteiger partial charge >= 0.3 is 0 Å². The molecule has 2 aromatic rings. The third-order valence-corrected chi connectivity index (χ3v) is 6.00. The number of carbonyl (C=O) groups is 4. The number of para-hydroxylation sites is 1. The quantitative estimate of drug-likeness (QED) is 0.359. The minimum Gasteiger partial charge on any atom is -0.497 e. The van der Waals surface area contributed by atoms with Gasteiger partial charge in [0.15, 0.2) is 0 Å². The molecule has 0 saturated heterocycles. The molecule has 210 valence electrons. The largest absolute Gasteiger partial charge is 0.497 e. The second-order valence-electron chi connectivity index (χ2n) is 8.94. The Bertz CT molecular complexity index is 1150. The van der Waals surface area contributed by atoms with Gasteiger partial charge in [0.1, 0.15) is 42.5 Å². The third-order valence-electron chi connectivity index (χ3n) is 6.00. The molecule has 39 heavy (non-hydrogen) atoms. The van der Waals surface area contributed by atoms with E-state index in [0.29, 0.717) is 11.5 Å². The molecule has 0 bridgehead atoms. The number of methoxy groups -OCH3 is 1. The molecule has 1 aliphatic heterocycles. The average Bonchev–Trinajstić information content (AvgIpc) is 2.93. The Balaban J connectivity index is 1.74. The van der Waals surface area contributed by atoms with Gasteiger partial charge in [0.25, 0.3) is 5.91 Å². The first kappa shape index (κ1) is 29.2. The number of hydrogen-bond acceptors (Lipinski definition) is 8. The first-order valence-electron chi connectivity index (χ1n) is 12.5. The van der Waals surface area contributed by atoms with Gasteiger partial charge in [0.2, 0.25) is 17.7 Å². The Morgan fingerprint density at radius 2 is 1.82 bits per heavy atom. The summed E-state index contributed by atoms with van der Waals surface area (Å²) in [4.78, 5) is 53.2. The van der Waals surface area contributed by atoms with Crippen LogP contribution in [0.1, 0.15) is 23.7 Å². The van der Waals surface area contributed by atoms with E-state index in [1.165, 1.54) is 24.9 Å². The summed E-state index contributed by atoms with van der Waals surface area (Å²) in [6.07, 6.45) is -1.67. The van der Waals surface area contributed by atoms with Gasteiger partial charge in [0, 0.05) is 7.05 Å². The van der Waals surface area contributed by atoms with Gasteiger partial charge in [-0.25, -0.2) is 0 Å². The molecule has 0 fully saturated rings. The van der Waals surface area contributed by atoms with Crippen LogP contribution in [0.25, 0.3) is 0 Å². The normalized spacial score (nSPS) is 19.4. The number of aliphatic hydroxyl groups is 1. The molecule has 3 atom stereocenters. The van der Waals surface area contributed by atoms with E-state index in [1.54, 1.807) is 49.6 Å². The first-order valence-corrected chi connectivity index (χ1v) is 12.5. The van der Waals surface area contributed by atoms with E-state index < -0.39 is 48.2 Å². The molecule has 2 aromatic carbocycles. The second kappa shape index (κ2) is 14.0. The molecule has 4 N–H and O–H groups in total. The number of fused-ring (bicyclic) bond motifs is 1. The Morgan fingerprint density at radius 3 is 2.51 bits per heavy atom. The van der Waals surface area contributed by atoms with Gasteiger partial charge in [-0.2, -0.15) is 0 Å². The lowest BCUT2D eigenvalue weighted by Crippen LogP contribution is -2.55. The highest BCUT2D eigenvalue weighted by Crippen LogP contribution is 2.19. The van der Waals surface area contributed by atoms with E-state index in [1.807, 2.05) is 0 Å². The average molecular weight is 543 g/mol. The maximum absolute atomic E-state index is 13.1. The summed E-state index contributed by atoms with van der Waals surface area (Å²) in [5.41, 5.74) is 0.173. The van der Waals surface area contributed by atoms with Gasteiger partial charge in [0.05, 0.1) is 38.3 Å². The number of likely N-dealkylation sites (N-methyl/N-ethyl adjacent to an activating group) is 1. The third kappa shape index (κ3) is 8.34. The summed E-state index contributed by atoms with van der Waals surface area (Å²) >= 11 is 0. The summed E-state index contributed by atoms with van der Waals surface area (Å²) in [5.74, 6) is -0.938. The van der Waals surface area contributed by atoms with Crippen molar-refractivity contribution >= 4 is 23.6 Å². The van der Waals surface area contributed by atoms with E-state index in [-0.39, 0.29) is 37.6 Å². The van der Waals surface area contributed by atoms with Gasteiger partial charge < -0.3 is 40.2 Å². The predicted molar refractivity (Wildman–Crippen MR) is 141 cm³/mol. The molecule has 0 unspecified atom stereocenters. The number of aliphatic hydroxyl groups excluding tert-OH is 1. The molecule has 12 heteroatoms. The Kier molecular flexibility index (Phi) is 10.5. The topological polar surface area (TPSA) is 156 Å². The molecule has 0 aromatic heterocycles. The summed E-state index contributed by atoms with van der Waals surface area (Å²) in [6, 6.07) is 10.9. The molecule has 0 saturated carbocycles. The highest BCUT2D eigenvalue weighted by atomic mass is 16.5. The number of rotatable bonds is 7. The lowest BCUT2D eigenvalue weighted by atomic mass is 10.1. The smallest absolute Gasteiger partial charge is 0.255 e. The van der Waals surface area contributed by atoms with Crippen LogP contribution in [0.2, 0.25) is 0 Å². The number of nitrogens with one attached hydrogen (secondary N) is 3. The number of amides is 4. The summed E-state index contributed by atoms with van der Waals surface area (Å²) in [5, 5.41) is 17.9. The van der Waals surface area contributed by atoms with Crippen LogP contribution >= 0.6 is 0 Å². The maximum atomic E-state index is 13.1. The van der Waals surface area contributed by atoms with Gasteiger partial charge in [-0.1, -0.05) is 12.1 Å². The Labute approximate surface area is 226 Å². The zero-order chi connectivity index (χ0) is 28.4. The lowest BCUT2D eigenvalue weighted by molar-refractivity contribution is -0.139. The summed E-state index contributed by atoms with van der Waals surface area (Å²) in [6.45, 7) is 1.81. The molecule has 1 heterocycles. The number of carbonyl (C=O) groups excluding carboxylic acids is 4. The highest BCUT2D eigenvalue weighted by molar-refractivity contribution is 6.01. The summed E-state index contributed by atoms with van der Waals surface area (Å²) in [7, 11) is 3.07. The lowest BCUT2D eigenvalue weighted by Gasteiger charge is -2.28. The van der Waals surface area contributed by atoms with Crippen LogP contribution in [-0.2, 0) is 14.4 Å². The fourth-order valence-electron chi connectivity index (χ4n) is 3.81. The number of hydrogen-bond donors (Lipinski definition) is 4. The van der Waals surface area contributed by atoms with E-state index in [9.17, 15) is 24.3 Å². The molecule has 0 spiro atoms. The summed E-state index contributed by atoms with van der Waals surface area (Å²) < 4.78 is 16.5. The van der Waals surface area contributed by atoms with Crippen LogP contribution in [0.15, 0.2) is 48.5 Å². The molecule has 0 radical (unpaired) electrons. The van der Waals surface area contributed by atoms with Crippen LogP contribution in [0, 0.1) is 0 Å². The molecule has 12 nitrogen and oxygen atoms in total. The highest BCUT2D eigenvalue weighted by Gasteiger charge is 2.31. The van der Waals surface area contributed by atoms with E-state index in [2.05, 4.69) is 16.0 Å². The molecular weight excluding hydrogens is 508 g/mol. The van der Waals surface area contributed by atoms with Crippen molar-refractivity contribution in [3.8, 4) is 17.2 Å². The number of ether oxygens (including phenoxy) is 3. The first-order chi connectivity index (χ1) is 18.7. The Morgan fingerprint density at radius 1 is 1.13 bits per heavy atom. The zero-order valence-electron chi connectivity index (χ0n) is 22.1. The van der Waals surface area contributed by atoms with Crippen molar-refractivity contribution in [2.45, 2.75) is 31.5 Å². The second-order valence-corrected chi connectivity index (χ2v) is 8.94. The number of benzene rings is 2. The van der Waals surface area contributed by atoms with Crippen molar-refractivity contribution in [3.05, 3.63) is 54.1 Å².